The lowest BCUT2D eigenvalue weighted by Gasteiger charge is -2.08. The van der Waals surface area contributed by atoms with E-state index in [0.717, 1.165) is 11.3 Å². The molecule has 7 heteroatoms. The molecule has 0 aliphatic rings. The number of ether oxygens (including phenoxy) is 2. The first-order valence-corrected chi connectivity index (χ1v) is 9.58. The van der Waals surface area contributed by atoms with E-state index in [2.05, 4.69) is 10.5 Å². The minimum absolute atomic E-state index is 0.340. The molecule has 0 spiro atoms. The van der Waals surface area contributed by atoms with E-state index in [4.69, 9.17) is 14.6 Å². The summed E-state index contributed by atoms with van der Waals surface area (Å²) in [5, 5.41) is 12.8. The standard InChI is InChI=1S/C24H22N2O5/c1-17(20-6-5-9-22(14-20)31-16-23(27)28)25-26-24(29)19-12-10-18(11-13-19)15-30-21-7-3-2-4-8-21/h2-14H,15-16H2,1H3,(H,26,29)(H,27,28)/b25-17-. The van der Waals surface area contributed by atoms with Crippen LogP contribution in [0.1, 0.15) is 28.4 Å². The van der Waals surface area contributed by atoms with Gasteiger partial charge in [-0.05, 0) is 48.9 Å². The smallest absolute Gasteiger partial charge is 0.341 e. The third-order valence-corrected chi connectivity index (χ3v) is 4.30. The molecule has 3 aromatic carbocycles. The molecule has 1 amide bonds. The Bertz CT molecular complexity index is 1060. The number of carbonyl (C=O) groups excluding carboxylic acids is 1. The van der Waals surface area contributed by atoms with Crippen molar-refractivity contribution in [1.29, 1.82) is 0 Å². The summed E-state index contributed by atoms with van der Waals surface area (Å²) in [7, 11) is 0. The van der Waals surface area contributed by atoms with Gasteiger partial charge in [0.25, 0.3) is 5.91 Å². The van der Waals surface area contributed by atoms with E-state index in [1.165, 1.54) is 0 Å². The number of benzene rings is 3. The van der Waals surface area contributed by atoms with E-state index in [9.17, 15) is 9.59 Å². The Balaban J connectivity index is 1.56. The molecule has 2 N–H and O–H groups in total. The summed E-state index contributed by atoms with van der Waals surface area (Å²) >= 11 is 0. The van der Waals surface area contributed by atoms with Crippen molar-refractivity contribution >= 4 is 17.6 Å². The number of carbonyl (C=O) groups is 2. The normalized spacial score (nSPS) is 10.9. The molecule has 0 saturated carbocycles. The second-order valence-electron chi connectivity index (χ2n) is 6.65. The van der Waals surface area contributed by atoms with Crippen LogP contribution < -0.4 is 14.9 Å². The first-order chi connectivity index (χ1) is 15.0. The van der Waals surface area contributed by atoms with Crippen molar-refractivity contribution in [2.45, 2.75) is 13.5 Å². The summed E-state index contributed by atoms with van der Waals surface area (Å²) in [6, 6.07) is 23.4. The highest BCUT2D eigenvalue weighted by Crippen LogP contribution is 2.15. The van der Waals surface area contributed by atoms with Gasteiger partial charge in [-0.2, -0.15) is 5.10 Å². The maximum atomic E-state index is 12.4. The van der Waals surface area contributed by atoms with Gasteiger partial charge in [-0.25, -0.2) is 10.2 Å². The Kier molecular flexibility index (Phi) is 7.37. The molecule has 0 aliphatic carbocycles. The predicted molar refractivity (Wildman–Crippen MR) is 116 cm³/mol. The highest BCUT2D eigenvalue weighted by Gasteiger charge is 2.07. The minimum Gasteiger partial charge on any atom is -0.489 e. The minimum atomic E-state index is -1.05. The number of nitrogens with zero attached hydrogens (tertiary/aromatic N) is 1. The molecule has 0 aromatic heterocycles. The third-order valence-electron chi connectivity index (χ3n) is 4.30. The monoisotopic (exact) mass is 418 g/mol. The molecule has 0 radical (unpaired) electrons. The highest BCUT2D eigenvalue weighted by molar-refractivity contribution is 6.01. The lowest BCUT2D eigenvalue weighted by atomic mass is 10.1. The van der Waals surface area contributed by atoms with Gasteiger partial charge in [0.05, 0.1) is 5.71 Å². The first kappa shape index (κ1) is 21.6. The number of amides is 1. The van der Waals surface area contributed by atoms with Gasteiger partial charge in [0.2, 0.25) is 0 Å². The fourth-order valence-electron chi connectivity index (χ4n) is 2.66. The SMILES string of the molecule is C/C(=N/NC(=O)c1ccc(COc2ccccc2)cc1)c1cccc(OCC(=O)O)c1. The van der Waals surface area contributed by atoms with Crippen molar-refractivity contribution in [1.82, 2.24) is 5.43 Å². The van der Waals surface area contributed by atoms with Gasteiger partial charge < -0.3 is 14.6 Å². The highest BCUT2D eigenvalue weighted by atomic mass is 16.5. The molecule has 0 bridgehead atoms. The fraction of sp³-hybridized carbons (Fsp3) is 0.125. The zero-order valence-corrected chi connectivity index (χ0v) is 16.9. The topological polar surface area (TPSA) is 97.2 Å². The Morgan fingerprint density at radius 2 is 1.58 bits per heavy atom. The van der Waals surface area contributed by atoms with Crippen LogP contribution in [0.5, 0.6) is 11.5 Å². The summed E-state index contributed by atoms with van der Waals surface area (Å²) in [6.07, 6.45) is 0. The average molecular weight is 418 g/mol. The number of hydrogen-bond acceptors (Lipinski definition) is 5. The van der Waals surface area contributed by atoms with Crippen LogP contribution in [0.25, 0.3) is 0 Å². The number of hydrazone groups is 1. The molecule has 0 saturated heterocycles. The number of hydrogen-bond donors (Lipinski definition) is 2. The number of aliphatic carboxylic acids is 1. The van der Waals surface area contributed by atoms with Crippen LogP contribution in [0.4, 0.5) is 0 Å². The molecule has 0 unspecified atom stereocenters. The summed E-state index contributed by atoms with van der Waals surface area (Å²) < 4.78 is 10.9. The predicted octanol–water partition coefficient (Wildman–Crippen LogP) is 3.88. The molecular formula is C24H22N2O5. The van der Waals surface area contributed by atoms with Gasteiger partial charge >= 0.3 is 5.97 Å². The van der Waals surface area contributed by atoms with Crippen LogP contribution in [0.15, 0.2) is 84.0 Å². The maximum Gasteiger partial charge on any atom is 0.341 e. The molecule has 7 nitrogen and oxygen atoms in total. The molecule has 0 atom stereocenters. The Hall–Kier alpha value is -4.13. The van der Waals surface area contributed by atoms with E-state index in [0.29, 0.717) is 29.2 Å². The van der Waals surface area contributed by atoms with Crippen LogP contribution in [-0.4, -0.2) is 29.3 Å². The van der Waals surface area contributed by atoms with Crippen LogP contribution in [0.3, 0.4) is 0 Å². The van der Waals surface area contributed by atoms with Crippen molar-refractivity contribution in [2.75, 3.05) is 6.61 Å². The number of para-hydroxylation sites is 1. The molecule has 3 rings (SSSR count). The third kappa shape index (κ3) is 6.71. The molecule has 0 heterocycles. The Labute approximate surface area is 179 Å². The van der Waals surface area contributed by atoms with Gasteiger partial charge in [0.1, 0.15) is 18.1 Å². The molecule has 0 fully saturated rings. The summed E-state index contributed by atoms with van der Waals surface area (Å²) in [5.74, 6) is -0.200. The largest absolute Gasteiger partial charge is 0.489 e. The van der Waals surface area contributed by atoms with Crippen molar-refractivity contribution in [3.63, 3.8) is 0 Å². The van der Waals surface area contributed by atoms with E-state index >= 15 is 0 Å². The molecule has 158 valence electrons. The fourth-order valence-corrected chi connectivity index (χ4v) is 2.66. The summed E-state index contributed by atoms with van der Waals surface area (Å²) in [4.78, 5) is 23.0. The van der Waals surface area contributed by atoms with Gasteiger partial charge in [-0.3, -0.25) is 4.79 Å². The van der Waals surface area contributed by atoms with Crippen molar-refractivity contribution in [3.05, 3.63) is 95.6 Å². The zero-order chi connectivity index (χ0) is 22.1. The van der Waals surface area contributed by atoms with Gasteiger partial charge in [-0.15, -0.1) is 0 Å². The summed E-state index contributed by atoms with van der Waals surface area (Å²) in [5.41, 5.74) is 5.20. The number of carboxylic acid groups (broad SMARTS) is 1. The molecule has 31 heavy (non-hydrogen) atoms. The second kappa shape index (κ2) is 10.6. The van der Waals surface area contributed by atoms with Crippen LogP contribution >= 0.6 is 0 Å². The summed E-state index contributed by atoms with van der Waals surface area (Å²) in [6.45, 7) is 1.72. The number of rotatable bonds is 9. The lowest BCUT2D eigenvalue weighted by Crippen LogP contribution is -2.19. The van der Waals surface area contributed by atoms with Crippen LogP contribution in [0, 0.1) is 0 Å². The maximum absolute atomic E-state index is 12.4. The first-order valence-electron chi connectivity index (χ1n) is 9.58. The van der Waals surface area contributed by atoms with E-state index in [-0.39, 0.29) is 5.91 Å². The quantitative estimate of drug-likeness (QED) is 0.406. The molecule has 3 aromatic rings. The van der Waals surface area contributed by atoms with Crippen molar-refractivity contribution < 1.29 is 24.2 Å². The molecular weight excluding hydrogens is 396 g/mol. The van der Waals surface area contributed by atoms with E-state index in [1.54, 1.807) is 43.3 Å². The van der Waals surface area contributed by atoms with E-state index < -0.39 is 12.6 Å². The van der Waals surface area contributed by atoms with Gasteiger partial charge in [0, 0.05) is 11.1 Å². The van der Waals surface area contributed by atoms with Crippen LogP contribution in [-0.2, 0) is 11.4 Å². The van der Waals surface area contributed by atoms with Gasteiger partial charge in [-0.1, -0.05) is 42.5 Å². The average Bonchev–Trinajstić information content (AvgIpc) is 2.81. The van der Waals surface area contributed by atoms with Gasteiger partial charge in [0.15, 0.2) is 6.61 Å². The zero-order valence-electron chi connectivity index (χ0n) is 16.9. The van der Waals surface area contributed by atoms with Crippen molar-refractivity contribution in [3.8, 4) is 11.5 Å². The Morgan fingerprint density at radius 3 is 2.29 bits per heavy atom. The molecule has 0 aliphatic heterocycles. The Morgan fingerprint density at radius 1 is 0.871 bits per heavy atom. The van der Waals surface area contributed by atoms with E-state index in [1.807, 2.05) is 42.5 Å². The van der Waals surface area contributed by atoms with Crippen molar-refractivity contribution in [2.24, 2.45) is 5.10 Å². The lowest BCUT2D eigenvalue weighted by molar-refractivity contribution is -0.139. The number of carboxylic acids is 1. The second-order valence-corrected chi connectivity index (χ2v) is 6.65. The van der Waals surface area contributed by atoms with Crippen LogP contribution in [0.2, 0.25) is 0 Å². The number of nitrogens with one attached hydrogen (secondary N) is 1.